The van der Waals surface area contributed by atoms with E-state index >= 15 is 0 Å². The van der Waals surface area contributed by atoms with Crippen LogP contribution in [0.1, 0.15) is 28.8 Å². The van der Waals surface area contributed by atoms with Crippen molar-refractivity contribution in [1.82, 2.24) is 20.3 Å². The number of para-hydroxylation sites is 2. The molecule has 6 heteroatoms. The monoisotopic (exact) mass is 618 g/mol. The summed E-state index contributed by atoms with van der Waals surface area (Å²) < 4.78 is 12.9. The number of hydrogen-bond donors (Lipinski definition) is 1. The van der Waals surface area contributed by atoms with Gasteiger partial charge in [0.2, 0.25) is 0 Å². The van der Waals surface area contributed by atoms with Gasteiger partial charge in [-0.3, -0.25) is 0 Å². The highest BCUT2D eigenvalue weighted by atomic mass is 16.3. The van der Waals surface area contributed by atoms with E-state index in [0.717, 1.165) is 71.9 Å². The fourth-order valence-corrected chi connectivity index (χ4v) is 6.96. The second-order valence-electron chi connectivity index (χ2n) is 12.0. The van der Waals surface area contributed by atoms with E-state index in [1.807, 2.05) is 79.0 Å². The van der Waals surface area contributed by atoms with Gasteiger partial charge in [0.05, 0.1) is 0 Å². The predicted molar refractivity (Wildman–Crippen MR) is 190 cm³/mol. The average molecular weight is 619 g/mol. The smallest absolute Gasteiger partial charge is 0.163 e. The molecular formula is C42H26N4O2. The first-order valence-electron chi connectivity index (χ1n) is 16.0. The minimum Gasteiger partial charge on any atom is -0.456 e. The summed E-state index contributed by atoms with van der Waals surface area (Å²) in [5, 5.41) is 9.18. The van der Waals surface area contributed by atoms with Crippen molar-refractivity contribution in [2.75, 3.05) is 0 Å². The highest BCUT2D eigenvalue weighted by Gasteiger charge is 2.33. The SMILES string of the molecule is C1=C(c2cccc3ccccc23)c2oc3ccccc3c2C(c2nc(-c3ccccc3)nc(-c3ccc4c(c3)oc3ccccc34)n2)N1. The van der Waals surface area contributed by atoms with Crippen LogP contribution in [0, 0.1) is 0 Å². The highest BCUT2D eigenvalue weighted by Crippen LogP contribution is 2.43. The molecule has 1 aliphatic rings. The van der Waals surface area contributed by atoms with E-state index < -0.39 is 0 Å². The summed E-state index contributed by atoms with van der Waals surface area (Å²) in [6.07, 6.45) is 2.04. The van der Waals surface area contributed by atoms with Gasteiger partial charge in [-0.2, -0.15) is 0 Å². The summed E-state index contributed by atoms with van der Waals surface area (Å²) in [4.78, 5) is 15.3. The maximum absolute atomic E-state index is 6.67. The Morgan fingerprint density at radius 3 is 2.02 bits per heavy atom. The molecule has 0 bridgehead atoms. The Kier molecular flexibility index (Phi) is 5.84. The number of rotatable bonds is 4. The van der Waals surface area contributed by atoms with Crippen molar-refractivity contribution in [3.8, 4) is 22.8 Å². The molecule has 10 rings (SSSR count). The Labute approximate surface area is 275 Å². The predicted octanol–water partition coefficient (Wildman–Crippen LogP) is 10.1. The molecule has 1 atom stereocenters. The van der Waals surface area contributed by atoms with Crippen molar-refractivity contribution in [2.24, 2.45) is 0 Å². The van der Waals surface area contributed by atoms with Crippen LogP contribution in [-0.4, -0.2) is 15.0 Å². The molecule has 1 N–H and O–H groups in total. The normalized spacial score (nSPS) is 14.3. The van der Waals surface area contributed by atoms with Crippen LogP contribution in [0.3, 0.4) is 0 Å². The molecule has 6 aromatic carbocycles. The first kappa shape index (κ1) is 26.7. The van der Waals surface area contributed by atoms with Gasteiger partial charge in [0.1, 0.15) is 28.6 Å². The maximum Gasteiger partial charge on any atom is 0.163 e. The van der Waals surface area contributed by atoms with Crippen LogP contribution in [0.4, 0.5) is 0 Å². The van der Waals surface area contributed by atoms with E-state index in [0.29, 0.717) is 17.5 Å². The molecule has 0 amide bonds. The van der Waals surface area contributed by atoms with E-state index in [1.165, 1.54) is 5.39 Å². The summed E-state index contributed by atoms with van der Waals surface area (Å²) in [5.41, 5.74) is 7.30. The lowest BCUT2D eigenvalue weighted by Gasteiger charge is -2.24. The number of nitrogens with zero attached hydrogens (tertiary/aromatic N) is 3. The van der Waals surface area contributed by atoms with Crippen LogP contribution in [0.15, 0.2) is 155 Å². The third-order valence-electron chi connectivity index (χ3n) is 9.22. The molecule has 0 aliphatic carbocycles. The Balaban J connectivity index is 1.18. The van der Waals surface area contributed by atoms with Gasteiger partial charge in [-0.1, -0.05) is 115 Å². The van der Waals surface area contributed by atoms with Crippen molar-refractivity contribution in [3.05, 3.63) is 168 Å². The largest absolute Gasteiger partial charge is 0.456 e. The Bertz CT molecular complexity index is 2720. The van der Waals surface area contributed by atoms with Crippen LogP contribution in [0.5, 0.6) is 0 Å². The quantitative estimate of drug-likeness (QED) is 0.212. The summed E-state index contributed by atoms with van der Waals surface area (Å²) >= 11 is 0. The standard InChI is InChI=1S/C42H26N4O2/c1-2-12-26(13-3-1)40-44-41(27-21-22-31-30-16-6-8-19-34(30)47-36(31)23-27)46-42(45-40)38-37-32-17-7-9-20-35(32)48-39(37)33(24-43-38)29-18-10-14-25-11-4-5-15-28(25)29/h1-24,38,43H. The second-order valence-corrected chi connectivity index (χ2v) is 12.0. The summed E-state index contributed by atoms with van der Waals surface area (Å²) in [6.45, 7) is 0. The lowest BCUT2D eigenvalue weighted by atomic mass is 9.90. The molecule has 0 fully saturated rings. The first-order valence-corrected chi connectivity index (χ1v) is 16.0. The van der Waals surface area contributed by atoms with Crippen LogP contribution >= 0.6 is 0 Å². The van der Waals surface area contributed by atoms with Gasteiger partial charge >= 0.3 is 0 Å². The number of nitrogens with one attached hydrogen (secondary N) is 1. The topological polar surface area (TPSA) is 77.0 Å². The maximum atomic E-state index is 6.67. The molecule has 0 saturated carbocycles. The molecule has 0 saturated heterocycles. The van der Waals surface area contributed by atoms with Gasteiger partial charge in [0.25, 0.3) is 0 Å². The lowest BCUT2D eigenvalue weighted by molar-refractivity contribution is 0.569. The zero-order valence-corrected chi connectivity index (χ0v) is 25.6. The van der Waals surface area contributed by atoms with E-state index in [1.54, 1.807) is 0 Å². The van der Waals surface area contributed by atoms with Crippen LogP contribution in [0.25, 0.3) is 72.0 Å². The average Bonchev–Trinajstić information content (AvgIpc) is 3.73. The molecule has 48 heavy (non-hydrogen) atoms. The molecular weight excluding hydrogens is 592 g/mol. The molecule has 1 unspecified atom stereocenters. The number of aromatic nitrogens is 3. The van der Waals surface area contributed by atoms with E-state index in [-0.39, 0.29) is 6.04 Å². The van der Waals surface area contributed by atoms with E-state index in [2.05, 4.69) is 72.0 Å². The van der Waals surface area contributed by atoms with Crippen molar-refractivity contribution in [2.45, 2.75) is 6.04 Å². The fourth-order valence-electron chi connectivity index (χ4n) is 6.96. The van der Waals surface area contributed by atoms with Gasteiger partial charge in [-0.15, -0.1) is 0 Å². The zero-order chi connectivity index (χ0) is 31.6. The molecule has 6 nitrogen and oxygen atoms in total. The molecule has 9 aromatic rings. The summed E-state index contributed by atoms with van der Waals surface area (Å²) in [6, 6.07) is 46.9. The lowest BCUT2D eigenvalue weighted by Crippen LogP contribution is -2.25. The minimum atomic E-state index is -0.387. The molecule has 4 heterocycles. The highest BCUT2D eigenvalue weighted by molar-refractivity contribution is 6.06. The van der Waals surface area contributed by atoms with Gasteiger partial charge in [-0.25, -0.2) is 15.0 Å². The molecule has 3 aromatic heterocycles. The number of hydrogen-bond acceptors (Lipinski definition) is 6. The third kappa shape index (κ3) is 4.16. The van der Waals surface area contributed by atoms with Gasteiger partial charge < -0.3 is 14.2 Å². The van der Waals surface area contributed by atoms with E-state index in [9.17, 15) is 0 Å². The summed E-state index contributed by atoms with van der Waals surface area (Å²) in [5.74, 6) is 2.58. The van der Waals surface area contributed by atoms with E-state index in [4.69, 9.17) is 23.8 Å². The Hall–Kier alpha value is -6.53. The number of benzene rings is 6. The van der Waals surface area contributed by atoms with Crippen molar-refractivity contribution < 1.29 is 8.83 Å². The molecule has 0 radical (unpaired) electrons. The summed E-state index contributed by atoms with van der Waals surface area (Å²) in [7, 11) is 0. The van der Waals surface area contributed by atoms with Crippen molar-refractivity contribution in [3.63, 3.8) is 0 Å². The van der Waals surface area contributed by atoms with Crippen molar-refractivity contribution >= 4 is 49.3 Å². The third-order valence-corrected chi connectivity index (χ3v) is 9.22. The Morgan fingerprint density at radius 2 is 1.17 bits per heavy atom. The minimum absolute atomic E-state index is 0.387. The molecule has 1 aliphatic heterocycles. The van der Waals surface area contributed by atoms with Crippen molar-refractivity contribution in [1.29, 1.82) is 0 Å². The molecule has 0 spiro atoms. The van der Waals surface area contributed by atoms with Crippen LogP contribution in [-0.2, 0) is 0 Å². The zero-order valence-electron chi connectivity index (χ0n) is 25.6. The number of fused-ring (bicyclic) bond motifs is 7. The van der Waals surface area contributed by atoms with Crippen LogP contribution < -0.4 is 5.32 Å². The fraction of sp³-hybridized carbons (Fsp3) is 0.0238. The second kappa shape index (κ2) is 10.5. The molecule has 226 valence electrons. The first-order chi connectivity index (χ1) is 23.8. The van der Waals surface area contributed by atoms with Crippen LogP contribution in [0.2, 0.25) is 0 Å². The Morgan fingerprint density at radius 1 is 0.500 bits per heavy atom. The van der Waals surface area contributed by atoms with Gasteiger partial charge in [-0.05, 0) is 40.6 Å². The number of furan rings is 2. The van der Waals surface area contributed by atoms with Gasteiger partial charge in [0.15, 0.2) is 17.5 Å². The van der Waals surface area contributed by atoms with Gasteiger partial charge in [0, 0.05) is 44.6 Å².